The van der Waals surface area contributed by atoms with E-state index in [2.05, 4.69) is 20.4 Å². The van der Waals surface area contributed by atoms with Crippen LogP contribution in [0, 0.1) is 11.8 Å². The maximum atomic E-state index is 13.1. The molecular weight excluding hydrogens is 524 g/mol. The molecule has 3 aromatic rings. The highest BCUT2D eigenvalue weighted by atomic mass is 16.3. The lowest BCUT2D eigenvalue weighted by molar-refractivity contribution is -0.138. The molecule has 1 aromatic heterocycles. The number of nitrogens with zero attached hydrogens (tertiary/aromatic N) is 4. The van der Waals surface area contributed by atoms with E-state index in [1.165, 1.54) is 10.6 Å². The molecule has 0 aliphatic carbocycles. The van der Waals surface area contributed by atoms with Gasteiger partial charge in [-0.3, -0.25) is 14.5 Å². The Morgan fingerprint density at radius 2 is 1.76 bits per heavy atom. The fraction of sp³-hybridized carbons (Fsp3) is 0.467. The average molecular weight is 563 g/mol. The smallest absolute Gasteiger partial charge is 0.348 e. The van der Waals surface area contributed by atoms with E-state index < -0.39 is 5.69 Å². The van der Waals surface area contributed by atoms with Crippen molar-refractivity contribution in [3.63, 3.8) is 0 Å². The van der Waals surface area contributed by atoms with E-state index in [1.54, 1.807) is 6.07 Å². The molecule has 0 unspecified atom stereocenters. The molecule has 4 N–H and O–H groups in total. The van der Waals surface area contributed by atoms with Gasteiger partial charge in [-0.2, -0.15) is 5.10 Å². The van der Waals surface area contributed by atoms with Crippen molar-refractivity contribution < 1.29 is 19.8 Å². The van der Waals surface area contributed by atoms with Crippen molar-refractivity contribution in [1.29, 1.82) is 0 Å². The summed E-state index contributed by atoms with van der Waals surface area (Å²) in [6.45, 7) is 6.57. The highest BCUT2D eigenvalue weighted by Gasteiger charge is 2.31. The fourth-order valence-electron chi connectivity index (χ4n) is 5.98. The van der Waals surface area contributed by atoms with Gasteiger partial charge >= 0.3 is 5.69 Å². The molecule has 2 aliphatic heterocycles. The number of carbonyl (C=O) groups is 2. The quantitative estimate of drug-likeness (QED) is 0.293. The van der Waals surface area contributed by atoms with Crippen molar-refractivity contribution in [2.24, 2.45) is 11.8 Å². The van der Waals surface area contributed by atoms with Gasteiger partial charge < -0.3 is 20.4 Å². The molecule has 218 valence electrons. The van der Waals surface area contributed by atoms with Crippen LogP contribution in [0.4, 0.5) is 0 Å². The van der Waals surface area contributed by atoms with E-state index in [-0.39, 0.29) is 29.1 Å². The van der Waals surface area contributed by atoms with Crippen LogP contribution in [-0.2, 0) is 22.6 Å². The van der Waals surface area contributed by atoms with Crippen LogP contribution >= 0.6 is 0 Å². The summed E-state index contributed by atoms with van der Waals surface area (Å²) < 4.78 is 1.41. The summed E-state index contributed by atoms with van der Waals surface area (Å²) in [4.78, 5) is 40.6. The van der Waals surface area contributed by atoms with Gasteiger partial charge in [-0.05, 0) is 80.4 Å². The number of H-pyrrole nitrogens is 1. The first kappa shape index (κ1) is 28.4. The number of hydrogen-bond acceptors (Lipinski definition) is 7. The molecule has 2 aliphatic rings. The van der Waals surface area contributed by atoms with Crippen LogP contribution < -0.4 is 11.0 Å². The Morgan fingerprint density at radius 3 is 2.41 bits per heavy atom. The van der Waals surface area contributed by atoms with E-state index in [1.807, 2.05) is 36.1 Å². The Hall–Kier alpha value is -4.12. The average Bonchev–Trinajstić information content (AvgIpc) is 3.37. The molecular formula is C30H38N6O5. The van der Waals surface area contributed by atoms with E-state index in [4.69, 9.17) is 0 Å². The lowest BCUT2D eigenvalue weighted by Gasteiger charge is -2.37. The van der Waals surface area contributed by atoms with Gasteiger partial charge in [0.1, 0.15) is 11.5 Å². The minimum Gasteiger partial charge on any atom is -0.508 e. The Balaban J connectivity index is 1.18. The van der Waals surface area contributed by atoms with Gasteiger partial charge in [-0.1, -0.05) is 19.1 Å². The molecule has 0 saturated carbocycles. The van der Waals surface area contributed by atoms with E-state index >= 15 is 0 Å². The number of likely N-dealkylation sites (tertiary alicyclic amines) is 2. The second kappa shape index (κ2) is 12.6. The normalized spacial score (nSPS) is 17.0. The fourth-order valence-corrected chi connectivity index (χ4v) is 5.98. The summed E-state index contributed by atoms with van der Waals surface area (Å²) in [5, 5.41) is 29.9. The number of hydrogen-bond donors (Lipinski definition) is 4. The van der Waals surface area contributed by atoms with Gasteiger partial charge in [0.15, 0.2) is 5.82 Å². The number of amides is 2. The first-order valence-electron chi connectivity index (χ1n) is 14.4. The molecule has 2 amide bonds. The van der Waals surface area contributed by atoms with Crippen molar-refractivity contribution >= 4 is 12.3 Å². The molecule has 41 heavy (non-hydrogen) atoms. The Kier molecular flexibility index (Phi) is 8.72. The van der Waals surface area contributed by atoms with Gasteiger partial charge in [-0.15, -0.1) is 0 Å². The molecule has 0 spiro atoms. The maximum Gasteiger partial charge on any atom is 0.348 e. The SMILES string of the molecule is CCc1cc(-c2n[nH]c(=O)n2-c2ccc(CN3CCC(C(=O)N4CCC(CNC=O)CC4)CC3)cc2)c(O)cc1O. The minimum absolute atomic E-state index is 0.000693. The molecule has 3 heterocycles. The standard InChI is InChI=1S/C30H38N6O5/c1-2-22-15-25(27(39)16-26(22)38)28-32-33-30(41)36(28)24-5-3-21(4-6-24)18-34-11-9-23(10-12-34)29(40)35-13-7-20(8-14-35)17-31-19-37/h3-6,15-16,19-20,23,38-39H,2,7-14,17-18H2,1H3,(H,31,37)(H,33,41). The zero-order valence-corrected chi connectivity index (χ0v) is 23.4. The maximum absolute atomic E-state index is 13.1. The summed E-state index contributed by atoms with van der Waals surface area (Å²) in [6.07, 6.45) is 4.85. The third kappa shape index (κ3) is 6.30. The first-order valence-corrected chi connectivity index (χ1v) is 14.4. The van der Waals surface area contributed by atoms with Gasteiger partial charge in [0.25, 0.3) is 0 Å². The zero-order valence-electron chi connectivity index (χ0n) is 23.4. The second-order valence-electron chi connectivity index (χ2n) is 11.1. The number of rotatable bonds is 9. The molecule has 0 radical (unpaired) electrons. The van der Waals surface area contributed by atoms with Crippen LogP contribution in [0.1, 0.15) is 43.7 Å². The van der Waals surface area contributed by atoms with Crippen molar-refractivity contribution in [1.82, 2.24) is 29.9 Å². The van der Waals surface area contributed by atoms with Crippen molar-refractivity contribution in [2.75, 3.05) is 32.7 Å². The molecule has 2 aromatic carbocycles. The van der Waals surface area contributed by atoms with Crippen LogP contribution in [-0.4, -0.2) is 79.8 Å². The molecule has 11 heteroatoms. The number of nitrogens with one attached hydrogen (secondary N) is 2. The summed E-state index contributed by atoms with van der Waals surface area (Å²) in [5.74, 6) is 0.890. The summed E-state index contributed by atoms with van der Waals surface area (Å²) >= 11 is 0. The van der Waals surface area contributed by atoms with E-state index in [0.717, 1.165) is 70.4 Å². The zero-order chi connectivity index (χ0) is 28.9. The second-order valence-corrected chi connectivity index (χ2v) is 11.1. The third-order valence-electron chi connectivity index (χ3n) is 8.44. The number of aromatic hydroxyl groups is 2. The topological polar surface area (TPSA) is 144 Å². The lowest BCUT2D eigenvalue weighted by atomic mass is 9.92. The number of aromatic nitrogens is 3. The van der Waals surface area contributed by atoms with E-state index in [0.29, 0.717) is 35.7 Å². The van der Waals surface area contributed by atoms with Gasteiger partial charge in [-0.25, -0.2) is 14.5 Å². The molecule has 5 rings (SSSR count). The molecule has 0 atom stereocenters. The van der Waals surface area contributed by atoms with Gasteiger partial charge in [0.2, 0.25) is 12.3 Å². The molecule has 0 bridgehead atoms. The predicted molar refractivity (Wildman–Crippen MR) is 154 cm³/mol. The minimum atomic E-state index is -0.424. The number of carbonyl (C=O) groups excluding carboxylic acids is 2. The summed E-state index contributed by atoms with van der Waals surface area (Å²) in [7, 11) is 0. The molecule has 2 saturated heterocycles. The molecule has 11 nitrogen and oxygen atoms in total. The lowest BCUT2D eigenvalue weighted by Crippen LogP contribution is -2.46. The van der Waals surface area contributed by atoms with Crippen LogP contribution in [0.25, 0.3) is 17.1 Å². The monoisotopic (exact) mass is 562 g/mol. The number of phenols is 2. The van der Waals surface area contributed by atoms with Crippen LogP contribution in [0.5, 0.6) is 11.5 Å². The highest BCUT2D eigenvalue weighted by molar-refractivity contribution is 5.79. The third-order valence-corrected chi connectivity index (χ3v) is 8.44. The molecule has 2 fully saturated rings. The first-order chi connectivity index (χ1) is 19.9. The number of piperidine rings is 2. The highest BCUT2D eigenvalue weighted by Crippen LogP contribution is 2.34. The Bertz CT molecular complexity index is 1420. The van der Waals surface area contributed by atoms with Gasteiger partial charge in [0, 0.05) is 38.2 Å². The number of phenolic OH excluding ortho intramolecular Hbond substituents is 2. The van der Waals surface area contributed by atoms with Crippen LogP contribution in [0.15, 0.2) is 41.2 Å². The van der Waals surface area contributed by atoms with Crippen molar-refractivity contribution in [3.8, 4) is 28.6 Å². The Morgan fingerprint density at radius 1 is 1.05 bits per heavy atom. The van der Waals surface area contributed by atoms with E-state index in [9.17, 15) is 24.6 Å². The summed E-state index contributed by atoms with van der Waals surface area (Å²) in [5.41, 5.74) is 2.30. The predicted octanol–water partition coefficient (Wildman–Crippen LogP) is 2.40. The van der Waals surface area contributed by atoms with Gasteiger partial charge in [0.05, 0.1) is 11.3 Å². The van der Waals surface area contributed by atoms with Crippen LogP contribution in [0.2, 0.25) is 0 Å². The number of aromatic amines is 1. The summed E-state index contributed by atoms with van der Waals surface area (Å²) in [6, 6.07) is 10.6. The van der Waals surface area contributed by atoms with Crippen LogP contribution in [0.3, 0.4) is 0 Å². The number of aryl methyl sites for hydroxylation is 1. The van der Waals surface area contributed by atoms with Crippen molar-refractivity contribution in [2.45, 2.75) is 45.6 Å². The van der Waals surface area contributed by atoms with Crippen molar-refractivity contribution in [3.05, 3.63) is 58.0 Å². The Labute approximate surface area is 238 Å². The largest absolute Gasteiger partial charge is 0.508 e. The number of benzene rings is 2.